The molecule has 0 spiro atoms. The molecule has 9 heteroatoms. The highest BCUT2D eigenvalue weighted by atomic mass is 32.1. The Labute approximate surface area is 187 Å². The maximum absolute atomic E-state index is 13.3. The van der Waals surface area contributed by atoms with Gasteiger partial charge in [-0.05, 0) is 42.1 Å². The predicted molar refractivity (Wildman–Crippen MR) is 125 cm³/mol. The summed E-state index contributed by atoms with van der Waals surface area (Å²) in [5, 5.41) is 4.50. The number of para-hydroxylation sites is 1. The van der Waals surface area contributed by atoms with Crippen LogP contribution in [0.1, 0.15) is 5.56 Å². The lowest BCUT2D eigenvalue weighted by Crippen LogP contribution is -2.40. The molecular formula is C23H21N3O5S. The smallest absolute Gasteiger partial charge is 0.336 e. The molecule has 0 fully saturated rings. The van der Waals surface area contributed by atoms with Crippen LogP contribution < -0.4 is 26.0 Å². The number of carbonyl (C=O) groups is 1. The zero-order valence-corrected chi connectivity index (χ0v) is 18.6. The van der Waals surface area contributed by atoms with Crippen molar-refractivity contribution in [1.29, 1.82) is 0 Å². The van der Waals surface area contributed by atoms with Gasteiger partial charge in [-0.2, -0.15) is 0 Å². The van der Waals surface area contributed by atoms with E-state index in [-0.39, 0.29) is 6.54 Å². The lowest BCUT2D eigenvalue weighted by atomic mass is 10.2. The molecule has 4 aromatic rings. The van der Waals surface area contributed by atoms with Crippen LogP contribution in [0.25, 0.3) is 15.9 Å². The fourth-order valence-electron chi connectivity index (χ4n) is 3.52. The maximum Gasteiger partial charge on any atom is 0.336 e. The molecular weight excluding hydrogens is 430 g/mol. The first-order valence-electron chi connectivity index (χ1n) is 9.75. The predicted octanol–water partition coefficient (Wildman–Crippen LogP) is 3.18. The van der Waals surface area contributed by atoms with Crippen molar-refractivity contribution in [3.8, 4) is 17.2 Å². The molecule has 0 unspecified atom stereocenters. The highest BCUT2D eigenvalue weighted by Crippen LogP contribution is 2.29. The Morgan fingerprint density at radius 3 is 2.50 bits per heavy atom. The highest BCUT2D eigenvalue weighted by Gasteiger charge is 2.18. The number of methoxy groups -OCH3 is 2. The van der Waals surface area contributed by atoms with Gasteiger partial charge in [0.05, 0.1) is 25.4 Å². The summed E-state index contributed by atoms with van der Waals surface area (Å²) < 4.78 is 13.3. The monoisotopic (exact) mass is 451 g/mol. The van der Waals surface area contributed by atoms with Crippen LogP contribution in [0, 0.1) is 6.92 Å². The quantitative estimate of drug-likeness (QED) is 0.486. The summed E-state index contributed by atoms with van der Waals surface area (Å²) in [6.07, 6.45) is 0. The van der Waals surface area contributed by atoms with Gasteiger partial charge in [-0.3, -0.25) is 14.2 Å². The molecule has 2 heterocycles. The van der Waals surface area contributed by atoms with E-state index in [4.69, 9.17) is 9.47 Å². The Kier molecular flexibility index (Phi) is 5.83. The molecule has 8 nitrogen and oxygen atoms in total. The third kappa shape index (κ3) is 3.78. The van der Waals surface area contributed by atoms with E-state index in [9.17, 15) is 14.4 Å². The second-order valence-electron chi connectivity index (χ2n) is 7.05. The van der Waals surface area contributed by atoms with Gasteiger partial charge >= 0.3 is 5.69 Å². The number of aryl methyl sites for hydroxylation is 1. The molecule has 2 aromatic carbocycles. The summed E-state index contributed by atoms with van der Waals surface area (Å²) in [6, 6.07) is 13.8. The minimum Gasteiger partial charge on any atom is -0.493 e. The van der Waals surface area contributed by atoms with Gasteiger partial charge in [0.15, 0.2) is 11.5 Å². The van der Waals surface area contributed by atoms with Crippen LogP contribution in [-0.2, 0) is 11.3 Å². The van der Waals surface area contributed by atoms with Gasteiger partial charge in [-0.15, -0.1) is 11.3 Å². The van der Waals surface area contributed by atoms with Crippen LogP contribution in [0.4, 0.5) is 5.69 Å². The fourth-order valence-corrected chi connectivity index (χ4v) is 4.35. The molecule has 0 bridgehead atoms. The minimum atomic E-state index is -0.572. The molecule has 4 rings (SSSR count). The van der Waals surface area contributed by atoms with E-state index in [0.29, 0.717) is 33.1 Å². The Morgan fingerprint density at radius 2 is 1.78 bits per heavy atom. The lowest BCUT2D eigenvalue weighted by Gasteiger charge is -2.14. The number of nitrogens with zero attached hydrogens (tertiary/aromatic N) is 2. The number of thiophene rings is 1. The van der Waals surface area contributed by atoms with Crippen LogP contribution >= 0.6 is 11.3 Å². The summed E-state index contributed by atoms with van der Waals surface area (Å²) in [6.45, 7) is 1.57. The largest absolute Gasteiger partial charge is 0.493 e. The number of nitrogens with one attached hydrogen (secondary N) is 1. The van der Waals surface area contributed by atoms with E-state index in [2.05, 4.69) is 5.32 Å². The highest BCUT2D eigenvalue weighted by molar-refractivity contribution is 7.17. The van der Waals surface area contributed by atoms with E-state index in [1.54, 1.807) is 41.8 Å². The molecule has 0 aliphatic heterocycles. The maximum atomic E-state index is 13.3. The van der Waals surface area contributed by atoms with Gasteiger partial charge in [0.1, 0.15) is 11.2 Å². The first-order valence-corrected chi connectivity index (χ1v) is 10.6. The number of carbonyl (C=O) groups excluding carboxylic acids is 1. The summed E-state index contributed by atoms with van der Waals surface area (Å²) in [5.74, 6) is 0.588. The number of ether oxygens (including phenoxy) is 2. The van der Waals surface area contributed by atoms with Crippen molar-refractivity contribution in [2.75, 3.05) is 19.5 Å². The standard InChI is InChI=1S/C23H21N3O5S/c1-14-6-4-5-7-16(14)26-22(28)21-17(10-11-32-21)25(23(26)29)13-20(27)24-15-8-9-18(30-2)19(12-15)31-3/h4-12H,13H2,1-3H3,(H,24,27). The average Bonchev–Trinajstić information content (AvgIpc) is 3.28. The SMILES string of the molecule is COc1ccc(NC(=O)Cn2c(=O)n(-c3ccccc3C)c(=O)c3sccc32)cc1OC. The first kappa shape index (κ1) is 21.4. The van der Waals surface area contributed by atoms with E-state index in [1.165, 1.54) is 30.1 Å². The number of amides is 1. The zero-order valence-electron chi connectivity index (χ0n) is 17.7. The Hall–Kier alpha value is -3.85. The van der Waals surface area contributed by atoms with Crippen molar-refractivity contribution in [3.05, 3.63) is 80.3 Å². The van der Waals surface area contributed by atoms with Crippen molar-refractivity contribution >= 4 is 33.1 Å². The molecule has 0 saturated carbocycles. The normalized spacial score (nSPS) is 10.8. The van der Waals surface area contributed by atoms with Gasteiger partial charge in [0, 0.05) is 11.8 Å². The topological polar surface area (TPSA) is 91.6 Å². The fraction of sp³-hybridized carbons (Fsp3) is 0.174. The van der Waals surface area contributed by atoms with Crippen LogP contribution in [0.15, 0.2) is 63.5 Å². The third-order valence-corrected chi connectivity index (χ3v) is 5.97. The number of aromatic nitrogens is 2. The molecule has 1 amide bonds. The number of benzene rings is 2. The van der Waals surface area contributed by atoms with Gasteiger partial charge in [-0.25, -0.2) is 9.36 Å². The summed E-state index contributed by atoms with van der Waals surface area (Å²) >= 11 is 1.24. The molecule has 0 aliphatic rings. The van der Waals surface area contributed by atoms with E-state index < -0.39 is 17.2 Å². The molecule has 32 heavy (non-hydrogen) atoms. The van der Waals surface area contributed by atoms with Crippen LogP contribution in [0.2, 0.25) is 0 Å². The Balaban J connectivity index is 1.75. The third-order valence-electron chi connectivity index (χ3n) is 5.08. The number of hydrogen-bond acceptors (Lipinski definition) is 6. The summed E-state index contributed by atoms with van der Waals surface area (Å²) in [7, 11) is 3.03. The number of anilines is 1. The van der Waals surface area contributed by atoms with Gasteiger partial charge in [-0.1, -0.05) is 18.2 Å². The van der Waals surface area contributed by atoms with Crippen LogP contribution in [0.3, 0.4) is 0 Å². The average molecular weight is 452 g/mol. The van der Waals surface area contributed by atoms with Gasteiger partial charge in [0.2, 0.25) is 5.91 Å². The van der Waals surface area contributed by atoms with E-state index in [1.807, 2.05) is 19.1 Å². The molecule has 0 radical (unpaired) electrons. The molecule has 164 valence electrons. The molecule has 1 N–H and O–H groups in total. The van der Waals surface area contributed by atoms with Crippen LogP contribution in [0.5, 0.6) is 11.5 Å². The zero-order chi connectivity index (χ0) is 22.8. The van der Waals surface area contributed by atoms with E-state index in [0.717, 1.165) is 10.1 Å². The number of hydrogen-bond donors (Lipinski definition) is 1. The Morgan fingerprint density at radius 1 is 1.03 bits per heavy atom. The van der Waals surface area contributed by atoms with Crippen molar-refractivity contribution in [1.82, 2.24) is 9.13 Å². The van der Waals surface area contributed by atoms with Crippen molar-refractivity contribution in [2.24, 2.45) is 0 Å². The summed E-state index contributed by atoms with van der Waals surface area (Å²) in [4.78, 5) is 39.2. The molecule has 0 saturated heterocycles. The van der Waals surface area contributed by atoms with Crippen molar-refractivity contribution in [3.63, 3.8) is 0 Å². The van der Waals surface area contributed by atoms with Crippen molar-refractivity contribution in [2.45, 2.75) is 13.5 Å². The molecule has 0 atom stereocenters. The summed E-state index contributed by atoms with van der Waals surface area (Å²) in [5.41, 5.74) is 1.23. The Bertz CT molecular complexity index is 1430. The van der Waals surface area contributed by atoms with Gasteiger partial charge in [0.25, 0.3) is 5.56 Å². The van der Waals surface area contributed by atoms with Crippen molar-refractivity contribution < 1.29 is 14.3 Å². The lowest BCUT2D eigenvalue weighted by molar-refractivity contribution is -0.116. The van der Waals surface area contributed by atoms with Crippen LogP contribution in [-0.4, -0.2) is 29.3 Å². The van der Waals surface area contributed by atoms with E-state index >= 15 is 0 Å². The number of rotatable bonds is 6. The first-order chi connectivity index (χ1) is 15.4. The minimum absolute atomic E-state index is 0.257. The second-order valence-corrected chi connectivity index (χ2v) is 7.96. The molecule has 2 aromatic heterocycles. The number of fused-ring (bicyclic) bond motifs is 1. The molecule has 0 aliphatic carbocycles. The van der Waals surface area contributed by atoms with Gasteiger partial charge < -0.3 is 14.8 Å². The second kappa shape index (κ2) is 8.72.